The zero-order valence-corrected chi connectivity index (χ0v) is 17.1. The molecule has 1 aliphatic rings. The van der Waals surface area contributed by atoms with Crippen LogP contribution in [0.15, 0.2) is 82.8 Å². The summed E-state index contributed by atoms with van der Waals surface area (Å²) in [6, 6.07) is 20.7. The fourth-order valence-corrected chi connectivity index (χ4v) is 3.52. The lowest BCUT2D eigenvalue weighted by Crippen LogP contribution is -2.18. The monoisotopic (exact) mass is 417 g/mol. The minimum absolute atomic E-state index is 0.156. The van der Waals surface area contributed by atoms with E-state index in [4.69, 9.17) is 9.47 Å². The van der Waals surface area contributed by atoms with Gasteiger partial charge in [0.1, 0.15) is 23.9 Å². The Bertz CT molecular complexity index is 1100. The first kappa shape index (κ1) is 19.7. The molecule has 0 aliphatic carbocycles. The minimum Gasteiger partial charge on any atom is -0.497 e. The molecule has 1 saturated heterocycles. The molecule has 7 heteroatoms. The van der Waals surface area contributed by atoms with E-state index in [2.05, 4.69) is 15.3 Å². The van der Waals surface area contributed by atoms with E-state index in [1.807, 2.05) is 72.8 Å². The highest BCUT2D eigenvalue weighted by Gasteiger charge is 2.23. The lowest BCUT2D eigenvalue weighted by Gasteiger charge is -2.07. The average Bonchev–Trinajstić information content (AvgIpc) is 3.12. The van der Waals surface area contributed by atoms with Crippen LogP contribution in [-0.4, -0.2) is 23.2 Å². The van der Waals surface area contributed by atoms with Gasteiger partial charge in [-0.3, -0.25) is 9.78 Å². The van der Waals surface area contributed by atoms with E-state index in [9.17, 15) is 4.79 Å². The van der Waals surface area contributed by atoms with E-state index in [1.165, 1.54) is 0 Å². The number of benzene rings is 2. The van der Waals surface area contributed by atoms with E-state index < -0.39 is 0 Å². The summed E-state index contributed by atoms with van der Waals surface area (Å²) in [5, 5.41) is 2.64. The van der Waals surface area contributed by atoms with Gasteiger partial charge in [-0.15, -0.1) is 0 Å². The molecular formula is C23H19N3O3S. The first-order chi connectivity index (χ1) is 14.7. The number of aromatic nitrogens is 1. The fourth-order valence-electron chi connectivity index (χ4n) is 2.78. The Morgan fingerprint density at radius 3 is 2.70 bits per heavy atom. The Balaban J connectivity index is 1.53. The number of amidine groups is 1. The van der Waals surface area contributed by atoms with Gasteiger partial charge in [0.05, 0.1) is 23.4 Å². The molecule has 0 radical (unpaired) electrons. The summed E-state index contributed by atoms with van der Waals surface area (Å²) in [6.45, 7) is 0.389. The van der Waals surface area contributed by atoms with Gasteiger partial charge in [0.15, 0.2) is 0 Å². The highest BCUT2D eigenvalue weighted by Crippen LogP contribution is 2.29. The maximum Gasteiger partial charge on any atom is 0.289 e. The van der Waals surface area contributed by atoms with Gasteiger partial charge in [-0.05, 0) is 71.9 Å². The number of carbonyl (C=O) groups is 1. The van der Waals surface area contributed by atoms with Crippen LogP contribution in [-0.2, 0) is 6.61 Å². The molecule has 1 aromatic heterocycles. The number of carbonyl (C=O) groups excluding carboxylic acids is 1. The first-order valence-corrected chi connectivity index (χ1v) is 10.1. The van der Waals surface area contributed by atoms with Gasteiger partial charge in [-0.2, -0.15) is 0 Å². The summed E-state index contributed by atoms with van der Waals surface area (Å²) in [6.07, 6.45) is 3.66. The zero-order valence-electron chi connectivity index (χ0n) is 16.2. The molecule has 0 saturated carbocycles. The summed E-state index contributed by atoms with van der Waals surface area (Å²) in [4.78, 5) is 21.5. The molecule has 1 aliphatic heterocycles. The van der Waals surface area contributed by atoms with Crippen LogP contribution in [0.3, 0.4) is 0 Å². The van der Waals surface area contributed by atoms with Gasteiger partial charge in [-0.1, -0.05) is 18.2 Å². The number of hydrogen-bond donors (Lipinski definition) is 1. The largest absolute Gasteiger partial charge is 0.497 e. The molecule has 1 fully saturated rings. The Kier molecular flexibility index (Phi) is 6.10. The number of rotatable bonds is 6. The number of amides is 1. The molecule has 1 N–H and O–H groups in total. The lowest BCUT2D eigenvalue weighted by atomic mass is 10.2. The van der Waals surface area contributed by atoms with Gasteiger partial charge in [0.25, 0.3) is 5.24 Å². The SMILES string of the molecule is COc1ccc(N=C2NC(=O)SC2=Cc2cccc(OCc3ccccn3)c2)cc1. The smallest absolute Gasteiger partial charge is 0.289 e. The zero-order chi connectivity index (χ0) is 20.8. The first-order valence-electron chi connectivity index (χ1n) is 9.26. The molecule has 1 amide bonds. The Labute approximate surface area is 178 Å². The molecule has 0 atom stereocenters. The van der Waals surface area contributed by atoms with Crippen LogP contribution in [0.5, 0.6) is 11.5 Å². The molecule has 2 heterocycles. The second kappa shape index (κ2) is 9.28. The van der Waals surface area contributed by atoms with E-state index in [1.54, 1.807) is 13.3 Å². The third kappa shape index (κ3) is 5.07. The third-order valence-electron chi connectivity index (χ3n) is 4.24. The summed E-state index contributed by atoms with van der Waals surface area (Å²) in [5.74, 6) is 2.00. The van der Waals surface area contributed by atoms with Crippen molar-refractivity contribution >= 4 is 34.6 Å². The fraction of sp³-hybridized carbons (Fsp3) is 0.0870. The number of hydrogen-bond acceptors (Lipinski definition) is 6. The Hall–Kier alpha value is -3.58. The molecule has 4 rings (SSSR count). The quantitative estimate of drug-likeness (QED) is 0.597. The normalized spacial score (nSPS) is 16.0. The molecular weight excluding hydrogens is 398 g/mol. The number of ether oxygens (including phenoxy) is 2. The standard InChI is InChI=1S/C23H19N3O3S/c1-28-19-10-8-17(9-11-19)25-22-21(30-23(27)26-22)14-16-5-4-7-20(13-16)29-15-18-6-2-3-12-24-18/h2-14H,15H2,1H3,(H,25,26,27). The number of methoxy groups -OCH3 is 1. The van der Waals surface area contributed by atoms with Crippen molar-refractivity contribution in [3.8, 4) is 11.5 Å². The van der Waals surface area contributed by atoms with Gasteiger partial charge in [0, 0.05) is 6.20 Å². The lowest BCUT2D eigenvalue weighted by molar-refractivity contribution is 0.265. The van der Waals surface area contributed by atoms with E-state index >= 15 is 0 Å². The Morgan fingerprint density at radius 1 is 1.07 bits per heavy atom. The Morgan fingerprint density at radius 2 is 1.93 bits per heavy atom. The summed E-state index contributed by atoms with van der Waals surface area (Å²) >= 11 is 1.12. The van der Waals surface area contributed by atoms with Gasteiger partial charge < -0.3 is 14.8 Å². The highest BCUT2D eigenvalue weighted by atomic mass is 32.2. The van der Waals surface area contributed by atoms with Gasteiger partial charge in [-0.25, -0.2) is 4.99 Å². The van der Waals surface area contributed by atoms with Crippen molar-refractivity contribution in [3.05, 3.63) is 89.1 Å². The average molecular weight is 417 g/mol. The van der Waals surface area contributed by atoms with Gasteiger partial charge >= 0.3 is 0 Å². The molecule has 150 valence electrons. The van der Waals surface area contributed by atoms with Crippen molar-refractivity contribution in [3.63, 3.8) is 0 Å². The summed E-state index contributed by atoms with van der Waals surface area (Å²) < 4.78 is 11.0. The molecule has 3 aromatic rings. The van der Waals surface area contributed by atoms with Crippen LogP contribution in [0, 0.1) is 0 Å². The second-order valence-corrected chi connectivity index (χ2v) is 7.38. The van der Waals surface area contributed by atoms with Gasteiger partial charge in [0.2, 0.25) is 0 Å². The van der Waals surface area contributed by atoms with Crippen LogP contribution in [0.4, 0.5) is 10.5 Å². The van der Waals surface area contributed by atoms with Crippen molar-refractivity contribution in [2.45, 2.75) is 6.61 Å². The highest BCUT2D eigenvalue weighted by molar-refractivity contribution is 8.18. The van der Waals surface area contributed by atoms with Crippen LogP contribution >= 0.6 is 11.8 Å². The van der Waals surface area contributed by atoms with E-state index in [-0.39, 0.29) is 5.24 Å². The maximum absolute atomic E-state index is 11.9. The van der Waals surface area contributed by atoms with Crippen molar-refractivity contribution < 1.29 is 14.3 Å². The summed E-state index contributed by atoms with van der Waals surface area (Å²) in [5.41, 5.74) is 2.50. The number of nitrogens with zero attached hydrogens (tertiary/aromatic N) is 2. The van der Waals surface area contributed by atoms with Crippen LogP contribution in [0.2, 0.25) is 0 Å². The van der Waals surface area contributed by atoms with E-state index in [0.29, 0.717) is 12.4 Å². The van der Waals surface area contributed by atoms with Crippen LogP contribution in [0.1, 0.15) is 11.3 Å². The van der Waals surface area contributed by atoms with Crippen molar-refractivity contribution in [2.24, 2.45) is 4.99 Å². The van der Waals surface area contributed by atoms with E-state index in [0.717, 1.165) is 45.1 Å². The topological polar surface area (TPSA) is 72.8 Å². The third-order valence-corrected chi connectivity index (χ3v) is 5.06. The molecule has 30 heavy (non-hydrogen) atoms. The molecule has 0 bridgehead atoms. The van der Waals surface area contributed by atoms with Crippen molar-refractivity contribution in [1.82, 2.24) is 10.3 Å². The van der Waals surface area contributed by atoms with Crippen molar-refractivity contribution in [2.75, 3.05) is 7.11 Å². The molecule has 2 aromatic carbocycles. The molecule has 0 spiro atoms. The van der Waals surface area contributed by atoms with Crippen molar-refractivity contribution in [1.29, 1.82) is 0 Å². The number of pyridine rings is 1. The maximum atomic E-state index is 11.9. The van der Waals surface area contributed by atoms with Crippen LogP contribution < -0.4 is 14.8 Å². The molecule has 6 nitrogen and oxygen atoms in total. The predicted molar refractivity (Wildman–Crippen MR) is 119 cm³/mol. The second-order valence-electron chi connectivity index (χ2n) is 6.36. The summed E-state index contributed by atoms with van der Waals surface area (Å²) in [7, 11) is 1.61. The number of aliphatic imine (C=N–C) groups is 1. The predicted octanol–water partition coefficient (Wildman–Crippen LogP) is 5.20. The number of thioether (sulfide) groups is 1. The number of nitrogens with one attached hydrogen (secondary N) is 1. The molecule has 0 unspecified atom stereocenters. The minimum atomic E-state index is -0.156. The van der Waals surface area contributed by atoms with Crippen LogP contribution in [0.25, 0.3) is 6.08 Å².